The normalized spacial score (nSPS) is 10.7. The molecule has 0 radical (unpaired) electrons. The minimum atomic E-state index is -0.0131. The number of ketones is 1. The molecule has 0 bridgehead atoms. The number of rotatable bonds is 4. The van der Waals surface area contributed by atoms with Gasteiger partial charge in [0.25, 0.3) is 11.5 Å². The summed E-state index contributed by atoms with van der Waals surface area (Å²) in [4.78, 5) is 17.4. The van der Waals surface area contributed by atoms with E-state index in [1.54, 1.807) is 12.4 Å². The zero-order valence-electron chi connectivity index (χ0n) is 13.7. The molecule has 25 heavy (non-hydrogen) atoms. The highest BCUT2D eigenvalue weighted by Crippen LogP contribution is 2.20. The highest BCUT2D eigenvalue weighted by Gasteiger charge is 2.22. The monoisotopic (exact) mass is 325 g/mol. The van der Waals surface area contributed by atoms with Gasteiger partial charge in [0.05, 0.1) is 6.20 Å². The van der Waals surface area contributed by atoms with E-state index in [0.29, 0.717) is 17.8 Å². The van der Waals surface area contributed by atoms with Crippen LogP contribution in [0.25, 0.3) is 10.8 Å². The molecule has 4 aromatic rings. The maximum Gasteiger partial charge on any atom is 0.272 e. The fourth-order valence-electron chi connectivity index (χ4n) is 3.06. The van der Waals surface area contributed by atoms with Crippen LogP contribution in [0.1, 0.15) is 21.6 Å². The van der Waals surface area contributed by atoms with Crippen molar-refractivity contribution in [1.29, 1.82) is 0 Å². The lowest BCUT2D eigenvalue weighted by Gasteiger charge is -2.06. The SMILES string of the molecule is O=C(c1cccc2ccccc12)c1cncc[n+]1Cc1ccccc1. The van der Waals surface area contributed by atoms with Gasteiger partial charge in [-0.25, -0.2) is 0 Å². The minimum Gasteiger partial charge on any atom is -0.282 e. The molecular weight excluding hydrogens is 308 g/mol. The topological polar surface area (TPSA) is 33.8 Å². The van der Waals surface area contributed by atoms with Crippen LogP contribution in [0, 0.1) is 0 Å². The third-order valence-corrected chi connectivity index (χ3v) is 4.30. The number of nitrogens with zero attached hydrogens (tertiary/aromatic N) is 2. The molecule has 0 fully saturated rings. The average molecular weight is 325 g/mol. The summed E-state index contributed by atoms with van der Waals surface area (Å²) < 4.78 is 1.95. The zero-order valence-corrected chi connectivity index (χ0v) is 13.7. The maximum atomic E-state index is 13.2. The Balaban J connectivity index is 1.78. The Morgan fingerprint density at radius 3 is 2.52 bits per heavy atom. The standard InChI is InChI=1S/C22H17N2O/c25-22(20-12-6-10-18-9-4-5-11-19(18)20)21-15-23-13-14-24(21)16-17-7-2-1-3-8-17/h1-15H,16H2/q+1. The number of benzene rings is 3. The second-order valence-corrected chi connectivity index (χ2v) is 5.93. The van der Waals surface area contributed by atoms with Gasteiger partial charge in [0, 0.05) is 11.1 Å². The highest BCUT2D eigenvalue weighted by atomic mass is 16.1. The average Bonchev–Trinajstić information content (AvgIpc) is 2.68. The summed E-state index contributed by atoms with van der Waals surface area (Å²) in [5.74, 6) is -0.0131. The van der Waals surface area contributed by atoms with E-state index in [4.69, 9.17) is 0 Å². The molecule has 0 unspecified atom stereocenters. The molecule has 0 aliphatic rings. The van der Waals surface area contributed by atoms with Gasteiger partial charge < -0.3 is 0 Å². The number of aromatic nitrogens is 2. The van der Waals surface area contributed by atoms with Crippen molar-refractivity contribution in [1.82, 2.24) is 4.98 Å². The van der Waals surface area contributed by atoms with Gasteiger partial charge in [-0.15, -0.1) is 0 Å². The summed E-state index contributed by atoms with van der Waals surface area (Å²) in [5.41, 5.74) is 2.43. The Hall–Kier alpha value is -3.33. The van der Waals surface area contributed by atoms with E-state index < -0.39 is 0 Å². The maximum absolute atomic E-state index is 13.2. The molecule has 0 amide bonds. The summed E-state index contributed by atoms with van der Waals surface area (Å²) in [6, 6.07) is 23.9. The summed E-state index contributed by atoms with van der Waals surface area (Å²) in [7, 11) is 0. The molecule has 0 saturated heterocycles. The number of carbonyl (C=O) groups is 1. The van der Waals surface area contributed by atoms with Crippen molar-refractivity contribution in [3.63, 3.8) is 0 Å². The van der Waals surface area contributed by atoms with Crippen LogP contribution >= 0.6 is 0 Å². The van der Waals surface area contributed by atoms with Crippen LogP contribution in [0.2, 0.25) is 0 Å². The van der Waals surface area contributed by atoms with Gasteiger partial charge in [-0.2, -0.15) is 4.57 Å². The van der Waals surface area contributed by atoms with E-state index >= 15 is 0 Å². The molecule has 0 aliphatic heterocycles. The zero-order chi connectivity index (χ0) is 17.1. The van der Waals surface area contributed by atoms with Gasteiger partial charge in [0.1, 0.15) is 6.20 Å². The van der Waals surface area contributed by atoms with Crippen LogP contribution in [0.3, 0.4) is 0 Å². The lowest BCUT2D eigenvalue weighted by molar-refractivity contribution is -0.690. The van der Waals surface area contributed by atoms with E-state index in [1.807, 2.05) is 71.4 Å². The Labute approximate surface area is 146 Å². The van der Waals surface area contributed by atoms with Crippen molar-refractivity contribution in [2.24, 2.45) is 0 Å². The number of fused-ring (bicyclic) bond motifs is 1. The largest absolute Gasteiger partial charge is 0.282 e. The Morgan fingerprint density at radius 1 is 0.880 bits per heavy atom. The molecule has 0 saturated carbocycles. The fourth-order valence-corrected chi connectivity index (χ4v) is 3.06. The quantitative estimate of drug-likeness (QED) is 0.422. The molecule has 3 aromatic carbocycles. The van der Waals surface area contributed by atoms with E-state index in [9.17, 15) is 4.79 Å². The fraction of sp³-hybridized carbons (Fsp3) is 0.0455. The molecule has 0 N–H and O–H groups in total. The third-order valence-electron chi connectivity index (χ3n) is 4.30. The van der Waals surface area contributed by atoms with Crippen molar-refractivity contribution in [2.75, 3.05) is 0 Å². The second kappa shape index (κ2) is 6.65. The number of hydrogen-bond acceptors (Lipinski definition) is 2. The summed E-state index contributed by atoms with van der Waals surface area (Å²) >= 11 is 0. The predicted octanol–water partition coefficient (Wildman–Crippen LogP) is 3.80. The van der Waals surface area contributed by atoms with E-state index in [-0.39, 0.29) is 5.78 Å². The van der Waals surface area contributed by atoms with Crippen LogP contribution in [0.15, 0.2) is 91.4 Å². The Morgan fingerprint density at radius 2 is 1.64 bits per heavy atom. The van der Waals surface area contributed by atoms with Gasteiger partial charge >= 0.3 is 0 Å². The lowest BCUT2D eigenvalue weighted by atomic mass is 10.00. The number of hydrogen-bond donors (Lipinski definition) is 0. The van der Waals surface area contributed by atoms with Gasteiger partial charge in [-0.05, 0) is 10.8 Å². The summed E-state index contributed by atoms with van der Waals surface area (Å²) in [6.07, 6.45) is 5.21. The lowest BCUT2D eigenvalue weighted by Crippen LogP contribution is -2.41. The van der Waals surface area contributed by atoms with Gasteiger partial charge in [-0.1, -0.05) is 72.8 Å². The van der Waals surface area contributed by atoms with E-state index in [1.165, 1.54) is 0 Å². The van der Waals surface area contributed by atoms with Crippen molar-refractivity contribution < 1.29 is 9.36 Å². The molecule has 0 atom stereocenters. The Bertz CT molecular complexity index is 1040. The van der Waals surface area contributed by atoms with E-state index in [2.05, 4.69) is 17.1 Å². The van der Waals surface area contributed by atoms with Crippen LogP contribution < -0.4 is 4.57 Å². The van der Waals surface area contributed by atoms with Gasteiger partial charge in [0.2, 0.25) is 0 Å². The summed E-state index contributed by atoms with van der Waals surface area (Å²) in [5, 5.41) is 2.02. The Kier molecular flexibility index (Phi) is 4.05. The first-order valence-electron chi connectivity index (χ1n) is 8.23. The molecular formula is C22H17N2O+. The van der Waals surface area contributed by atoms with Crippen LogP contribution in [-0.4, -0.2) is 10.8 Å². The molecule has 120 valence electrons. The van der Waals surface area contributed by atoms with Crippen molar-refractivity contribution in [2.45, 2.75) is 6.54 Å². The molecule has 3 nitrogen and oxygen atoms in total. The molecule has 3 heteroatoms. The van der Waals surface area contributed by atoms with E-state index in [0.717, 1.165) is 16.3 Å². The van der Waals surface area contributed by atoms with Crippen molar-refractivity contribution in [3.05, 3.63) is 108 Å². The molecule has 0 aliphatic carbocycles. The van der Waals surface area contributed by atoms with Gasteiger partial charge in [0.15, 0.2) is 12.7 Å². The van der Waals surface area contributed by atoms with Crippen molar-refractivity contribution >= 4 is 16.6 Å². The first-order valence-corrected chi connectivity index (χ1v) is 8.23. The first-order chi connectivity index (χ1) is 12.3. The first kappa shape index (κ1) is 15.2. The highest BCUT2D eigenvalue weighted by molar-refractivity contribution is 6.14. The molecule has 1 heterocycles. The minimum absolute atomic E-state index is 0.0131. The third kappa shape index (κ3) is 3.04. The van der Waals surface area contributed by atoms with Crippen molar-refractivity contribution in [3.8, 4) is 0 Å². The summed E-state index contributed by atoms with van der Waals surface area (Å²) in [6.45, 7) is 0.634. The van der Waals surface area contributed by atoms with Crippen LogP contribution in [0.4, 0.5) is 0 Å². The number of carbonyl (C=O) groups excluding carboxylic acids is 1. The predicted molar refractivity (Wildman–Crippen MR) is 97.4 cm³/mol. The molecule has 4 rings (SSSR count). The van der Waals surface area contributed by atoms with Crippen LogP contribution in [0.5, 0.6) is 0 Å². The van der Waals surface area contributed by atoms with Gasteiger partial charge in [-0.3, -0.25) is 9.78 Å². The van der Waals surface area contributed by atoms with Crippen LogP contribution in [-0.2, 0) is 6.54 Å². The molecule has 1 aromatic heterocycles. The second-order valence-electron chi connectivity index (χ2n) is 5.93. The molecule has 0 spiro atoms. The smallest absolute Gasteiger partial charge is 0.272 e.